The van der Waals surface area contributed by atoms with Crippen molar-refractivity contribution in [3.8, 4) is 0 Å². The molecule has 294 valence electrons. The van der Waals surface area contributed by atoms with E-state index >= 15 is 0 Å². The van der Waals surface area contributed by atoms with Crippen LogP contribution < -0.4 is 21.7 Å². The molecule has 0 bridgehead atoms. The lowest BCUT2D eigenvalue weighted by molar-refractivity contribution is -0.133. The molecule has 1 saturated heterocycles. The van der Waals surface area contributed by atoms with E-state index in [2.05, 4.69) is 25.8 Å². The molecule has 0 spiro atoms. The van der Waals surface area contributed by atoms with Crippen LogP contribution in [0.4, 0.5) is 0 Å². The average molecular weight is 767 g/mol. The number of aliphatic hydroxyl groups is 1. The SMILES string of the molecule is CC(C)(C)NC(=O)[C@@H]1C[C@@H]2CCCC[C@H]2CN1C[C@@H](O)[C@H](Cc1ccccc1)NC(=O)[C@H](CC(N)=O)NC(=O)c1ccc2ccccc2n1.CS(=O)(=O)O. The molecular formula is C39H54N6O8S. The predicted molar refractivity (Wildman–Crippen MR) is 206 cm³/mol. The number of nitrogens with one attached hydrogen (secondary N) is 3. The Hall–Kier alpha value is -4.44. The van der Waals surface area contributed by atoms with E-state index in [0.717, 1.165) is 36.6 Å². The van der Waals surface area contributed by atoms with Gasteiger partial charge in [-0.1, -0.05) is 73.9 Å². The molecule has 5 rings (SSSR count). The molecule has 2 fully saturated rings. The molecule has 1 aromatic heterocycles. The molecule has 15 heteroatoms. The number of nitrogens with zero attached hydrogens (tertiary/aromatic N) is 2. The Morgan fingerprint density at radius 1 is 0.944 bits per heavy atom. The number of β-amino-alcohol motifs (C(OH)–C–C–N with tert-alkyl or cyclic N) is 1. The van der Waals surface area contributed by atoms with Crippen molar-refractivity contribution in [2.75, 3.05) is 19.3 Å². The van der Waals surface area contributed by atoms with Crippen LogP contribution in [0.2, 0.25) is 0 Å². The van der Waals surface area contributed by atoms with Crippen molar-refractivity contribution in [3.63, 3.8) is 0 Å². The second kappa shape index (κ2) is 18.7. The number of carbonyl (C=O) groups is 4. The minimum atomic E-state index is -3.67. The van der Waals surface area contributed by atoms with Crippen LogP contribution >= 0.6 is 0 Å². The Morgan fingerprint density at radius 2 is 1.57 bits per heavy atom. The molecule has 7 N–H and O–H groups in total. The number of piperidine rings is 1. The Bertz CT molecular complexity index is 1860. The van der Waals surface area contributed by atoms with Gasteiger partial charge in [0.1, 0.15) is 11.7 Å². The molecule has 2 aromatic carbocycles. The zero-order valence-corrected chi connectivity index (χ0v) is 32.2. The number of likely N-dealkylation sites (tertiary alicyclic amines) is 1. The van der Waals surface area contributed by atoms with E-state index in [4.69, 9.17) is 10.3 Å². The largest absolute Gasteiger partial charge is 0.390 e. The standard InChI is InChI=1S/C38H50N6O5.CH4O3S/c1-38(2,3)43-37(49)32-20-26-14-7-8-15-27(26)22-44(32)23-33(45)30(19-24-11-5-4-6-12-24)41-36(48)31(21-34(39)46)42-35(47)29-18-17-25-13-9-10-16-28(25)40-29;1-5(2,3)4/h4-6,9-13,16-18,26-27,30-33,45H,7-8,14-15,19-23H2,1-3H3,(H2,39,46)(H,41,48)(H,42,47)(H,43,49);1H3,(H,2,3,4)/t26-,27-,30-,31-,32-,33+;/m0./s1. The summed E-state index contributed by atoms with van der Waals surface area (Å²) < 4.78 is 25.9. The van der Waals surface area contributed by atoms with Crippen molar-refractivity contribution in [2.45, 2.75) is 95.5 Å². The van der Waals surface area contributed by atoms with Crippen LogP contribution in [0, 0.1) is 11.8 Å². The molecule has 2 aliphatic rings. The number of nitrogens with two attached hydrogens (primary N) is 1. The molecule has 4 amide bonds. The number of rotatable bonds is 12. The number of aliphatic hydroxyl groups excluding tert-OH is 1. The van der Waals surface area contributed by atoms with Crippen LogP contribution in [0.3, 0.4) is 0 Å². The zero-order valence-electron chi connectivity index (χ0n) is 31.4. The first-order valence-electron chi connectivity index (χ1n) is 18.3. The van der Waals surface area contributed by atoms with Gasteiger partial charge in [0.25, 0.3) is 16.0 Å². The fourth-order valence-corrected chi connectivity index (χ4v) is 7.26. The second-order valence-electron chi connectivity index (χ2n) is 15.4. The molecule has 54 heavy (non-hydrogen) atoms. The van der Waals surface area contributed by atoms with Gasteiger partial charge >= 0.3 is 0 Å². The van der Waals surface area contributed by atoms with Crippen LogP contribution in [0.25, 0.3) is 10.9 Å². The van der Waals surface area contributed by atoms with E-state index in [-0.39, 0.29) is 24.6 Å². The summed E-state index contributed by atoms with van der Waals surface area (Å²) in [4.78, 5) is 59.3. The van der Waals surface area contributed by atoms with Gasteiger partial charge in [-0.15, -0.1) is 0 Å². The highest BCUT2D eigenvalue weighted by atomic mass is 32.2. The number of para-hydroxylation sites is 1. The van der Waals surface area contributed by atoms with Gasteiger partial charge in [0.05, 0.1) is 36.4 Å². The molecule has 0 unspecified atom stereocenters. The lowest BCUT2D eigenvalue weighted by Gasteiger charge is -2.47. The van der Waals surface area contributed by atoms with Gasteiger partial charge in [-0.25, -0.2) is 4.98 Å². The van der Waals surface area contributed by atoms with Crippen LogP contribution in [0.15, 0.2) is 66.7 Å². The summed E-state index contributed by atoms with van der Waals surface area (Å²) in [6.45, 7) is 6.73. The molecule has 6 atom stereocenters. The van der Waals surface area contributed by atoms with Gasteiger partial charge in [-0.2, -0.15) is 8.42 Å². The summed E-state index contributed by atoms with van der Waals surface area (Å²) in [7, 11) is -3.67. The summed E-state index contributed by atoms with van der Waals surface area (Å²) in [5.41, 5.74) is 6.70. The first-order valence-corrected chi connectivity index (χ1v) is 20.2. The van der Waals surface area contributed by atoms with Crippen molar-refractivity contribution in [3.05, 3.63) is 78.0 Å². The third-order valence-corrected chi connectivity index (χ3v) is 9.67. The number of benzene rings is 2. The molecule has 1 saturated carbocycles. The molecule has 3 aromatic rings. The fourth-order valence-electron chi connectivity index (χ4n) is 7.26. The van der Waals surface area contributed by atoms with Gasteiger partial charge in [0, 0.05) is 24.0 Å². The quantitative estimate of drug-likeness (QED) is 0.148. The summed E-state index contributed by atoms with van der Waals surface area (Å²) in [5, 5.41) is 21.4. The predicted octanol–water partition coefficient (Wildman–Crippen LogP) is 2.60. The smallest absolute Gasteiger partial charge is 0.270 e. The van der Waals surface area contributed by atoms with E-state index in [1.165, 1.54) is 6.42 Å². The summed E-state index contributed by atoms with van der Waals surface area (Å²) in [5.74, 6) is -1.20. The normalized spacial score (nSPS) is 20.6. The van der Waals surface area contributed by atoms with E-state index in [1.54, 1.807) is 18.2 Å². The number of amides is 4. The van der Waals surface area contributed by atoms with Crippen molar-refractivity contribution in [2.24, 2.45) is 17.6 Å². The highest BCUT2D eigenvalue weighted by Gasteiger charge is 2.42. The van der Waals surface area contributed by atoms with Crippen molar-refractivity contribution < 1.29 is 37.3 Å². The third-order valence-electron chi connectivity index (χ3n) is 9.67. The van der Waals surface area contributed by atoms with Crippen molar-refractivity contribution in [1.82, 2.24) is 25.8 Å². The average Bonchev–Trinajstić information content (AvgIpc) is 3.09. The Labute approximate surface area is 317 Å². The van der Waals surface area contributed by atoms with E-state index in [0.29, 0.717) is 30.2 Å². The Morgan fingerprint density at radius 3 is 2.22 bits per heavy atom. The highest BCUT2D eigenvalue weighted by molar-refractivity contribution is 7.85. The molecule has 0 radical (unpaired) electrons. The Kier molecular flexibility index (Phi) is 14.7. The van der Waals surface area contributed by atoms with Gasteiger partial charge in [0.15, 0.2) is 0 Å². The number of carbonyl (C=O) groups excluding carboxylic acids is 4. The first kappa shape index (κ1) is 42.3. The first-order chi connectivity index (χ1) is 25.4. The molecule has 1 aliphatic carbocycles. The van der Waals surface area contributed by atoms with E-state index < -0.39 is 64.0 Å². The van der Waals surface area contributed by atoms with Crippen LogP contribution in [-0.4, -0.2) is 101 Å². The van der Waals surface area contributed by atoms with Gasteiger partial charge in [-0.05, 0) is 69.6 Å². The lowest BCUT2D eigenvalue weighted by Crippen LogP contribution is -2.61. The summed E-state index contributed by atoms with van der Waals surface area (Å²) >= 11 is 0. The van der Waals surface area contributed by atoms with E-state index in [1.807, 2.05) is 69.3 Å². The minimum absolute atomic E-state index is 0.0566. The summed E-state index contributed by atoms with van der Waals surface area (Å²) in [6, 6.07) is 17.6. The lowest BCUT2D eigenvalue weighted by atomic mass is 9.72. The highest BCUT2D eigenvalue weighted by Crippen LogP contribution is 2.39. The number of aromatic nitrogens is 1. The van der Waals surface area contributed by atoms with Crippen LogP contribution in [0.1, 0.15) is 75.3 Å². The molecule has 1 aliphatic heterocycles. The molecule has 14 nitrogen and oxygen atoms in total. The minimum Gasteiger partial charge on any atom is -0.390 e. The number of fused-ring (bicyclic) bond motifs is 2. The van der Waals surface area contributed by atoms with Gasteiger partial charge in [-0.3, -0.25) is 28.6 Å². The molecular weight excluding hydrogens is 713 g/mol. The summed E-state index contributed by atoms with van der Waals surface area (Å²) in [6.07, 6.45) is 4.75. The third kappa shape index (κ3) is 13.4. The van der Waals surface area contributed by atoms with Gasteiger partial charge < -0.3 is 26.8 Å². The number of hydrogen-bond acceptors (Lipinski definition) is 9. The fraction of sp³-hybridized carbons (Fsp3) is 0.513. The van der Waals surface area contributed by atoms with Crippen LogP contribution in [-0.2, 0) is 30.9 Å². The maximum absolute atomic E-state index is 13.8. The van der Waals surface area contributed by atoms with E-state index in [9.17, 15) is 32.7 Å². The number of hydrogen-bond donors (Lipinski definition) is 6. The maximum atomic E-state index is 13.8. The van der Waals surface area contributed by atoms with Gasteiger partial charge in [0.2, 0.25) is 17.7 Å². The number of primary amides is 1. The monoisotopic (exact) mass is 766 g/mol. The second-order valence-corrected chi connectivity index (χ2v) is 16.9. The number of pyridine rings is 1. The molecule has 2 heterocycles. The topological polar surface area (TPSA) is 221 Å². The maximum Gasteiger partial charge on any atom is 0.270 e. The van der Waals surface area contributed by atoms with Crippen molar-refractivity contribution in [1.29, 1.82) is 0 Å². The van der Waals surface area contributed by atoms with Crippen molar-refractivity contribution >= 4 is 44.6 Å². The Balaban J connectivity index is 0.00000122. The van der Waals surface area contributed by atoms with Crippen LogP contribution in [0.5, 0.6) is 0 Å². The zero-order chi connectivity index (χ0) is 39.6.